The van der Waals surface area contributed by atoms with Crippen LogP contribution in [0.15, 0.2) is 54.3 Å². The molecule has 20 heavy (non-hydrogen) atoms. The standard InChI is InChI=1S/C16H20O4/c1-3-15(16(17)18-2)20-12-8-7-11-19-13-14-9-5-4-6-10-14/h3-10H,11-13H2,1-2H3/b8-7-,15-3-. The highest BCUT2D eigenvalue weighted by atomic mass is 16.6. The van der Waals surface area contributed by atoms with Crippen molar-refractivity contribution in [1.82, 2.24) is 0 Å². The van der Waals surface area contributed by atoms with Crippen LogP contribution in [0.4, 0.5) is 0 Å². The van der Waals surface area contributed by atoms with Crippen molar-refractivity contribution in [3.05, 3.63) is 59.9 Å². The second-order valence-corrected chi connectivity index (χ2v) is 3.93. The Balaban J connectivity index is 2.15. The predicted molar refractivity (Wildman–Crippen MR) is 77.0 cm³/mol. The van der Waals surface area contributed by atoms with E-state index in [1.165, 1.54) is 7.11 Å². The van der Waals surface area contributed by atoms with Crippen LogP contribution in [-0.2, 0) is 25.6 Å². The Hall–Kier alpha value is -2.07. The Morgan fingerprint density at radius 3 is 2.50 bits per heavy atom. The number of esters is 1. The quantitative estimate of drug-likeness (QED) is 0.241. The Morgan fingerprint density at radius 2 is 1.85 bits per heavy atom. The van der Waals surface area contributed by atoms with Crippen LogP contribution in [0.3, 0.4) is 0 Å². The molecule has 0 aromatic heterocycles. The van der Waals surface area contributed by atoms with E-state index >= 15 is 0 Å². The third-order valence-corrected chi connectivity index (χ3v) is 2.48. The molecule has 0 fully saturated rings. The molecule has 0 saturated carbocycles. The molecule has 1 aromatic carbocycles. The largest absolute Gasteiger partial charge is 0.483 e. The summed E-state index contributed by atoms with van der Waals surface area (Å²) in [5.41, 5.74) is 1.14. The van der Waals surface area contributed by atoms with Crippen molar-refractivity contribution in [2.75, 3.05) is 20.3 Å². The van der Waals surface area contributed by atoms with Crippen LogP contribution in [0.2, 0.25) is 0 Å². The van der Waals surface area contributed by atoms with Gasteiger partial charge in [0.15, 0.2) is 0 Å². The van der Waals surface area contributed by atoms with Crippen molar-refractivity contribution in [3.63, 3.8) is 0 Å². The molecule has 0 aliphatic carbocycles. The summed E-state index contributed by atoms with van der Waals surface area (Å²) in [4.78, 5) is 11.2. The van der Waals surface area contributed by atoms with Crippen molar-refractivity contribution in [3.8, 4) is 0 Å². The molecule has 0 spiro atoms. The zero-order valence-corrected chi connectivity index (χ0v) is 11.9. The van der Waals surface area contributed by atoms with E-state index < -0.39 is 5.97 Å². The van der Waals surface area contributed by atoms with E-state index in [0.717, 1.165) is 5.56 Å². The van der Waals surface area contributed by atoms with Crippen LogP contribution in [0.1, 0.15) is 12.5 Å². The summed E-state index contributed by atoms with van der Waals surface area (Å²) >= 11 is 0. The average Bonchev–Trinajstić information content (AvgIpc) is 2.50. The molecule has 4 heteroatoms. The first-order valence-corrected chi connectivity index (χ1v) is 6.42. The Morgan fingerprint density at radius 1 is 1.15 bits per heavy atom. The van der Waals surface area contributed by atoms with E-state index in [4.69, 9.17) is 9.47 Å². The van der Waals surface area contributed by atoms with Crippen molar-refractivity contribution in [1.29, 1.82) is 0 Å². The first-order chi connectivity index (χ1) is 9.77. The van der Waals surface area contributed by atoms with Gasteiger partial charge in [0.05, 0.1) is 20.3 Å². The monoisotopic (exact) mass is 276 g/mol. The second kappa shape index (κ2) is 9.81. The summed E-state index contributed by atoms with van der Waals surface area (Å²) in [6, 6.07) is 9.96. The van der Waals surface area contributed by atoms with E-state index in [-0.39, 0.29) is 5.76 Å². The third kappa shape index (κ3) is 6.20. The normalized spacial score (nSPS) is 11.6. The average molecular weight is 276 g/mol. The van der Waals surface area contributed by atoms with Gasteiger partial charge in [0.1, 0.15) is 6.61 Å². The number of benzene rings is 1. The lowest BCUT2D eigenvalue weighted by molar-refractivity contribution is -0.139. The van der Waals surface area contributed by atoms with E-state index in [2.05, 4.69) is 4.74 Å². The maximum atomic E-state index is 11.2. The predicted octanol–water partition coefficient (Wildman–Crippen LogP) is 2.85. The lowest BCUT2D eigenvalue weighted by Gasteiger charge is -2.05. The molecule has 0 radical (unpaired) electrons. The van der Waals surface area contributed by atoms with Crippen molar-refractivity contribution in [2.45, 2.75) is 13.5 Å². The van der Waals surface area contributed by atoms with E-state index in [9.17, 15) is 4.79 Å². The maximum absolute atomic E-state index is 11.2. The fraction of sp³-hybridized carbons (Fsp3) is 0.312. The third-order valence-electron chi connectivity index (χ3n) is 2.48. The highest BCUT2D eigenvalue weighted by molar-refractivity contribution is 5.85. The van der Waals surface area contributed by atoms with Gasteiger partial charge in [0.25, 0.3) is 0 Å². The highest BCUT2D eigenvalue weighted by Crippen LogP contribution is 2.01. The van der Waals surface area contributed by atoms with Crippen LogP contribution < -0.4 is 0 Å². The van der Waals surface area contributed by atoms with Crippen LogP contribution in [0.25, 0.3) is 0 Å². The van der Waals surface area contributed by atoms with Crippen molar-refractivity contribution >= 4 is 5.97 Å². The van der Waals surface area contributed by atoms with E-state index in [1.54, 1.807) is 19.1 Å². The molecule has 0 unspecified atom stereocenters. The first kappa shape index (κ1) is 16.0. The summed E-state index contributed by atoms with van der Waals surface area (Å²) in [5.74, 6) is -0.261. The van der Waals surface area contributed by atoms with E-state index in [1.807, 2.05) is 36.4 Å². The molecule has 4 nitrogen and oxygen atoms in total. The second-order valence-electron chi connectivity index (χ2n) is 3.93. The summed E-state index contributed by atoms with van der Waals surface area (Å²) in [6.07, 6.45) is 5.23. The minimum atomic E-state index is -0.471. The molecule has 0 heterocycles. The number of ether oxygens (including phenoxy) is 3. The first-order valence-electron chi connectivity index (χ1n) is 6.42. The molecule has 0 aliphatic heterocycles. The van der Waals surface area contributed by atoms with Crippen LogP contribution in [0.5, 0.6) is 0 Å². The number of allylic oxidation sites excluding steroid dienone is 1. The Kier molecular flexibility index (Phi) is 7.84. The SMILES string of the molecule is C/C=C(\OC/C=C\COCc1ccccc1)C(=O)OC. The van der Waals surface area contributed by atoms with Gasteiger partial charge in [-0.2, -0.15) is 0 Å². The fourth-order valence-corrected chi connectivity index (χ4v) is 1.45. The van der Waals surface area contributed by atoms with Gasteiger partial charge in [0, 0.05) is 0 Å². The van der Waals surface area contributed by atoms with Gasteiger partial charge in [-0.05, 0) is 24.6 Å². The minimum Gasteiger partial charge on any atom is -0.483 e. The molecule has 0 aliphatic rings. The van der Waals surface area contributed by atoms with Crippen molar-refractivity contribution < 1.29 is 19.0 Å². The summed E-state index contributed by atoms with van der Waals surface area (Å²) in [5, 5.41) is 0. The summed E-state index contributed by atoms with van der Waals surface area (Å²) in [6.45, 7) is 3.11. The highest BCUT2D eigenvalue weighted by Gasteiger charge is 2.07. The molecular weight excluding hydrogens is 256 g/mol. The van der Waals surface area contributed by atoms with Gasteiger partial charge < -0.3 is 14.2 Å². The molecule has 1 rings (SSSR count). The molecule has 108 valence electrons. The minimum absolute atomic E-state index is 0.211. The lowest BCUT2D eigenvalue weighted by Crippen LogP contribution is -2.08. The molecule has 0 N–H and O–H groups in total. The number of carbonyl (C=O) groups excluding carboxylic acids is 1. The molecule has 1 aromatic rings. The number of rotatable bonds is 8. The smallest absolute Gasteiger partial charge is 0.372 e. The number of hydrogen-bond donors (Lipinski definition) is 0. The zero-order chi connectivity index (χ0) is 14.6. The van der Waals surface area contributed by atoms with Gasteiger partial charge >= 0.3 is 5.97 Å². The topological polar surface area (TPSA) is 44.8 Å². The van der Waals surface area contributed by atoms with Crippen molar-refractivity contribution in [2.24, 2.45) is 0 Å². The Bertz CT molecular complexity index is 449. The van der Waals surface area contributed by atoms with Gasteiger partial charge in [-0.1, -0.05) is 36.4 Å². The molecule has 0 saturated heterocycles. The molecular formula is C16H20O4. The number of methoxy groups -OCH3 is 1. The lowest BCUT2D eigenvalue weighted by atomic mass is 10.2. The van der Waals surface area contributed by atoms with Crippen LogP contribution in [-0.4, -0.2) is 26.3 Å². The zero-order valence-electron chi connectivity index (χ0n) is 11.9. The molecule has 0 bridgehead atoms. The summed E-state index contributed by atoms with van der Waals surface area (Å²) < 4.78 is 15.3. The summed E-state index contributed by atoms with van der Waals surface area (Å²) in [7, 11) is 1.32. The van der Waals surface area contributed by atoms with Gasteiger partial charge in [-0.15, -0.1) is 0 Å². The molecule has 0 amide bonds. The molecule has 0 atom stereocenters. The van der Waals surface area contributed by atoms with Gasteiger partial charge in [-0.25, -0.2) is 4.79 Å². The van der Waals surface area contributed by atoms with Crippen LogP contribution in [0, 0.1) is 0 Å². The van der Waals surface area contributed by atoms with Gasteiger partial charge in [-0.3, -0.25) is 0 Å². The van der Waals surface area contributed by atoms with Crippen LogP contribution >= 0.6 is 0 Å². The fourth-order valence-electron chi connectivity index (χ4n) is 1.45. The maximum Gasteiger partial charge on any atom is 0.372 e. The Labute approximate surface area is 119 Å². The number of carbonyl (C=O) groups is 1. The number of hydrogen-bond acceptors (Lipinski definition) is 4. The van der Waals surface area contributed by atoms with E-state index in [0.29, 0.717) is 19.8 Å². The van der Waals surface area contributed by atoms with Gasteiger partial charge in [0.2, 0.25) is 5.76 Å².